The Morgan fingerprint density at radius 3 is 2.74 bits per heavy atom. The molecule has 0 heterocycles. The highest BCUT2D eigenvalue weighted by atomic mass is 32.2. The summed E-state index contributed by atoms with van der Waals surface area (Å²) < 4.78 is 10.2. The minimum absolute atomic E-state index is 0.0609. The fourth-order valence-electron chi connectivity index (χ4n) is 1.36. The number of rotatable bonds is 10. The van der Waals surface area contributed by atoms with Crippen LogP contribution in [0.2, 0.25) is 0 Å². The van der Waals surface area contributed by atoms with E-state index in [1.54, 1.807) is 18.9 Å². The quantitative estimate of drug-likeness (QED) is 0.527. The van der Waals surface area contributed by atoms with Gasteiger partial charge in [0.25, 0.3) is 0 Å². The molecule has 0 aromatic heterocycles. The van der Waals surface area contributed by atoms with E-state index in [0.717, 1.165) is 11.3 Å². The van der Waals surface area contributed by atoms with E-state index < -0.39 is 0 Å². The van der Waals surface area contributed by atoms with E-state index in [2.05, 4.69) is 5.32 Å². The first kappa shape index (κ1) is 16.0. The third-order valence-corrected chi connectivity index (χ3v) is 3.34. The minimum Gasteiger partial charge on any atom is -0.382 e. The monoisotopic (exact) mass is 283 g/mol. The van der Waals surface area contributed by atoms with E-state index >= 15 is 0 Å². The first-order chi connectivity index (χ1) is 9.33. The molecule has 0 saturated carbocycles. The molecule has 0 bridgehead atoms. The van der Waals surface area contributed by atoms with Crippen molar-refractivity contribution in [3.63, 3.8) is 0 Å². The molecule has 1 aromatic carbocycles. The lowest BCUT2D eigenvalue weighted by Crippen LogP contribution is -2.27. The number of ether oxygens (including phenoxy) is 2. The predicted octanol–water partition coefficient (Wildman–Crippen LogP) is 1.95. The van der Waals surface area contributed by atoms with Gasteiger partial charge in [0.05, 0.1) is 19.0 Å². The van der Waals surface area contributed by atoms with Gasteiger partial charge >= 0.3 is 0 Å². The number of benzene rings is 1. The van der Waals surface area contributed by atoms with Crippen molar-refractivity contribution in [2.45, 2.75) is 11.3 Å². The highest BCUT2D eigenvalue weighted by molar-refractivity contribution is 8.00. The number of methoxy groups -OCH3 is 1. The molecule has 1 aromatic rings. The Labute approximate surface area is 118 Å². The zero-order chi connectivity index (χ0) is 13.8. The summed E-state index contributed by atoms with van der Waals surface area (Å²) in [6.07, 6.45) is 0.825. The van der Waals surface area contributed by atoms with Crippen LogP contribution in [0.1, 0.15) is 6.42 Å². The first-order valence-corrected chi connectivity index (χ1v) is 7.32. The molecule has 4 nitrogen and oxygen atoms in total. The standard InChI is InChI=1S/C14H21NO3S/c1-17-10-11-18-9-5-8-15-14(16)12-19-13-6-3-2-4-7-13/h2-4,6-7H,5,8-12H2,1H3,(H,15,16). The number of nitrogens with one attached hydrogen (secondary N) is 1. The molecule has 0 saturated heterocycles. The third-order valence-electron chi connectivity index (χ3n) is 2.33. The molecule has 0 spiro atoms. The Hall–Kier alpha value is -1.04. The second-order valence-electron chi connectivity index (χ2n) is 3.91. The van der Waals surface area contributed by atoms with Crippen molar-refractivity contribution in [3.05, 3.63) is 30.3 Å². The smallest absolute Gasteiger partial charge is 0.230 e. The number of amides is 1. The SMILES string of the molecule is COCCOCCCNC(=O)CSc1ccccc1. The number of hydrogen-bond acceptors (Lipinski definition) is 4. The van der Waals surface area contributed by atoms with Gasteiger partial charge in [-0.15, -0.1) is 11.8 Å². The molecule has 1 N–H and O–H groups in total. The molecule has 106 valence electrons. The van der Waals surface area contributed by atoms with Gasteiger partial charge in [0.2, 0.25) is 5.91 Å². The van der Waals surface area contributed by atoms with Crippen LogP contribution in [-0.2, 0) is 14.3 Å². The molecular formula is C14H21NO3S. The molecule has 0 radical (unpaired) electrons. The van der Waals surface area contributed by atoms with Crippen molar-refractivity contribution in [1.29, 1.82) is 0 Å². The predicted molar refractivity (Wildman–Crippen MR) is 77.5 cm³/mol. The Balaban J connectivity index is 1.96. The van der Waals surface area contributed by atoms with Gasteiger partial charge in [-0.25, -0.2) is 0 Å². The van der Waals surface area contributed by atoms with Crippen LogP contribution in [0.25, 0.3) is 0 Å². The summed E-state index contributed by atoms with van der Waals surface area (Å²) in [4.78, 5) is 12.7. The molecule has 5 heteroatoms. The maximum Gasteiger partial charge on any atom is 0.230 e. The number of carbonyl (C=O) groups excluding carboxylic acids is 1. The molecular weight excluding hydrogens is 262 g/mol. The second-order valence-corrected chi connectivity index (χ2v) is 4.96. The summed E-state index contributed by atoms with van der Waals surface area (Å²) in [5.74, 6) is 0.514. The first-order valence-electron chi connectivity index (χ1n) is 6.34. The fourth-order valence-corrected chi connectivity index (χ4v) is 2.11. The lowest BCUT2D eigenvalue weighted by molar-refractivity contribution is -0.118. The second kappa shape index (κ2) is 10.8. The van der Waals surface area contributed by atoms with Crippen LogP contribution in [0.4, 0.5) is 0 Å². The highest BCUT2D eigenvalue weighted by Crippen LogP contribution is 2.15. The molecule has 0 aliphatic rings. The van der Waals surface area contributed by atoms with E-state index in [4.69, 9.17) is 9.47 Å². The van der Waals surface area contributed by atoms with Crippen molar-refractivity contribution >= 4 is 17.7 Å². The van der Waals surface area contributed by atoms with Gasteiger partial charge in [0, 0.05) is 25.2 Å². The van der Waals surface area contributed by atoms with Crippen molar-refractivity contribution in [2.75, 3.05) is 39.2 Å². The van der Waals surface area contributed by atoms with E-state index in [1.807, 2.05) is 30.3 Å². The summed E-state index contributed by atoms with van der Waals surface area (Å²) in [6.45, 7) is 2.52. The summed E-state index contributed by atoms with van der Waals surface area (Å²) in [5.41, 5.74) is 0. The van der Waals surface area contributed by atoms with Gasteiger partial charge in [0.15, 0.2) is 0 Å². The summed E-state index contributed by atoms with van der Waals surface area (Å²) in [7, 11) is 1.65. The Morgan fingerprint density at radius 2 is 2.00 bits per heavy atom. The Morgan fingerprint density at radius 1 is 1.21 bits per heavy atom. The van der Waals surface area contributed by atoms with Crippen molar-refractivity contribution in [1.82, 2.24) is 5.32 Å². The maximum atomic E-state index is 11.6. The van der Waals surface area contributed by atoms with Crippen LogP contribution >= 0.6 is 11.8 Å². The van der Waals surface area contributed by atoms with Crippen LogP contribution in [0.3, 0.4) is 0 Å². The largest absolute Gasteiger partial charge is 0.382 e. The van der Waals surface area contributed by atoms with E-state index in [-0.39, 0.29) is 5.91 Å². The fraction of sp³-hybridized carbons (Fsp3) is 0.500. The molecule has 1 amide bonds. The zero-order valence-corrected chi connectivity index (χ0v) is 12.1. The molecule has 0 aliphatic heterocycles. The van der Waals surface area contributed by atoms with Gasteiger partial charge in [-0.3, -0.25) is 4.79 Å². The van der Waals surface area contributed by atoms with Crippen LogP contribution in [0.15, 0.2) is 35.2 Å². The summed E-state index contributed by atoms with van der Waals surface area (Å²) in [5, 5.41) is 2.87. The van der Waals surface area contributed by atoms with Crippen molar-refractivity contribution in [3.8, 4) is 0 Å². The topological polar surface area (TPSA) is 47.6 Å². The van der Waals surface area contributed by atoms with Gasteiger partial charge < -0.3 is 14.8 Å². The zero-order valence-electron chi connectivity index (χ0n) is 11.3. The molecule has 0 atom stereocenters. The van der Waals surface area contributed by atoms with Crippen LogP contribution in [-0.4, -0.2) is 45.1 Å². The number of carbonyl (C=O) groups is 1. The average Bonchev–Trinajstić information content (AvgIpc) is 2.45. The molecule has 19 heavy (non-hydrogen) atoms. The Kier molecular flexibility index (Phi) is 9.14. The summed E-state index contributed by atoms with van der Waals surface area (Å²) >= 11 is 1.54. The lowest BCUT2D eigenvalue weighted by atomic mass is 10.4. The van der Waals surface area contributed by atoms with Crippen molar-refractivity contribution in [2.24, 2.45) is 0 Å². The van der Waals surface area contributed by atoms with E-state index in [1.165, 1.54) is 0 Å². The number of thioether (sulfide) groups is 1. The molecule has 0 unspecified atom stereocenters. The Bertz CT molecular complexity index is 346. The van der Waals surface area contributed by atoms with Gasteiger partial charge in [-0.2, -0.15) is 0 Å². The average molecular weight is 283 g/mol. The lowest BCUT2D eigenvalue weighted by Gasteiger charge is -2.06. The van der Waals surface area contributed by atoms with Crippen LogP contribution in [0, 0.1) is 0 Å². The number of hydrogen-bond donors (Lipinski definition) is 1. The van der Waals surface area contributed by atoms with Crippen molar-refractivity contribution < 1.29 is 14.3 Å². The molecule has 0 aliphatic carbocycles. The highest BCUT2D eigenvalue weighted by Gasteiger charge is 2.01. The van der Waals surface area contributed by atoms with Gasteiger partial charge in [-0.1, -0.05) is 18.2 Å². The minimum atomic E-state index is 0.0609. The van der Waals surface area contributed by atoms with E-state index in [0.29, 0.717) is 32.1 Å². The molecule has 0 fully saturated rings. The maximum absolute atomic E-state index is 11.6. The normalized spacial score (nSPS) is 10.4. The van der Waals surface area contributed by atoms with Gasteiger partial charge in [0.1, 0.15) is 0 Å². The van der Waals surface area contributed by atoms with Crippen LogP contribution in [0.5, 0.6) is 0 Å². The van der Waals surface area contributed by atoms with E-state index in [9.17, 15) is 4.79 Å². The third kappa shape index (κ3) is 8.64. The summed E-state index contributed by atoms with van der Waals surface area (Å²) in [6, 6.07) is 9.91. The molecule has 1 rings (SSSR count). The van der Waals surface area contributed by atoms with Gasteiger partial charge in [-0.05, 0) is 18.6 Å². The van der Waals surface area contributed by atoms with Crippen LogP contribution < -0.4 is 5.32 Å².